The Hall–Kier alpha value is -2.88. The van der Waals surface area contributed by atoms with E-state index in [2.05, 4.69) is 0 Å². The second-order valence-electron chi connectivity index (χ2n) is 5.54. The molecule has 2 nitrogen and oxygen atoms in total. The molecule has 4 heteroatoms. The van der Waals surface area contributed by atoms with Gasteiger partial charge in [0.1, 0.15) is 18.1 Å². The minimum absolute atomic E-state index is 0.202. The topological polar surface area (TPSA) is 18.5 Å². The van der Waals surface area contributed by atoms with E-state index in [1.165, 1.54) is 6.07 Å². The van der Waals surface area contributed by atoms with Crippen LogP contribution in [0.4, 0.5) is 8.78 Å². The second-order valence-corrected chi connectivity index (χ2v) is 5.54. The van der Waals surface area contributed by atoms with Crippen molar-refractivity contribution in [2.24, 2.45) is 0 Å². The van der Waals surface area contributed by atoms with E-state index in [-0.39, 0.29) is 10.9 Å². The molecule has 0 aromatic heterocycles. The van der Waals surface area contributed by atoms with E-state index in [0.29, 0.717) is 29.1 Å². The fourth-order valence-electron chi connectivity index (χ4n) is 2.62. The summed E-state index contributed by atoms with van der Waals surface area (Å²) in [6.45, 7) is 2.27. The fourth-order valence-corrected chi connectivity index (χ4v) is 2.62. The molecule has 0 aliphatic heterocycles. The quantitative estimate of drug-likeness (QED) is 0.551. The Balaban J connectivity index is 2.04. The summed E-state index contributed by atoms with van der Waals surface area (Å²) in [6.07, 6.45) is 3.70. The van der Waals surface area contributed by atoms with Gasteiger partial charge in [-0.1, -0.05) is 30.4 Å². The average Bonchev–Trinajstić information content (AvgIpc) is 2.65. The highest BCUT2D eigenvalue weighted by atomic mass is 19.2. The molecule has 0 saturated carbocycles. The standard InChI is InChI=1S/C21H18F2O2/c1-3-4-11-25-17-10-7-15-12-18(20(22)21(23)19(15)13-17)14-5-8-16(24-2)9-6-14/h3-10,12-13H,11H2,1-2H3. The van der Waals surface area contributed by atoms with Crippen LogP contribution in [0.1, 0.15) is 6.92 Å². The lowest BCUT2D eigenvalue weighted by Crippen LogP contribution is -1.96. The predicted octanol–water partition coefficient (Wildman–Crippen LogP) is 5.75. The first-order valence-electron chi connectivity index (χ1n) is 7.94. The third kappa shape index (κ3) is 3.48. The van der Waals surface area contributed by atoms with Crippen molar-refractivity contribution in [2.45, 2.75) is 6.92 Å². The minimum Gasteiger partial charge on any atom is -0.497 e. The minimum atomic E-state index is -0.875. The van der Waals surface area contributed by atoms with Crippen LogP contribution >= 0.6 is 0 Å². The summed E-state index contributed by atoms with van der Waals surface area (Å²) < 4.78 is 39.8. The molecule has 0 amide bonds. The van der Waals surface area contributed by atoms with Gasteiger partial charge in [0.2, 0.25) is 0 Å². The first-order chi connectivity index (χ1) is 12.1. The molecule has 0 unspecified atom stereocenters. The Morgan fingerprint density at radius 2 is 1.64 bits per heavy atom. The third-order valence-electron chi connectivity index (χ3n) is 3.97. The number of rotatable bonds is 5. The molecule has 0 N–H and O–H groups in total. The molecule has 0 fully saturated rings. The van der Waals surface area contributed by atoms with E-state index in [9.17, 15) is 8.78 Å². The molecular weight excluding hydrogens is 322 g/mol. The van der Waals surface area contributed by atoms with E-state index in [4.69, 9.17) is 9.47 Å². The van der Waals surface area contributed by atoms with Gasteiger partial charge in [0.05, 0.1) is 7.11 Å². The number of allylic oxidation sites excluding steroid dienone is 1. The molecule has 3 aromatic rings. The molecule has 3 rings (SSSR count). The van der Waals surface area contributed by atoms with Crippen molar-refractivity contribution in [2.75, 3.05) is 13.7 Å². The number of ether oxygens (including phenoxy) is 2. The zero-order valence-electron chi connectivity index (χ0n) is 14.1. The van der Waals surface area contributed by atoms with Gasteiger partial charge in [-0.3, -0.25) is 0 Å². The van der Waals surface area contributed by atoms with E-state index < -0.39 is 11.6 Å². The maximum atomic E-state index is 14.6. The highest BCUT2D eigenvalue weighted by Crippen LogP contribution is 2.33. The second kappa shape index (κ2) is 7.34. The average molecular weight is 340 g/mol. The molecule has 0 aliphatic carbocycles. The van der Waals surface area contributed by atoms with Crippen LogP contribution in [-0.4, -0.2) is 13.7 Å². The van der Waals surface area contributed by atoms with Crippen LogP contribution in [0.5, 0.6) is 11.5 Å². The Bertz CT molecular complexity index is 915. The molecule has 0 spiro atoms. The summed E-state index contributed by atoms with van der Waals surface area (Å²) in [7, 11) is 1.56. The zero-order valence-corrected chi connectivity index (χ0v) is 14.1. The lowest BCUT2D eigenvalue weighted by Gasteiger charge is -2.10. The Kier molecular flexibility index (Phi) is 4.98. The zero-order chi connectivity index (χ0) is 17.8. The van der Waals surface area contributed by atoms with Crippen LogP contribution in [0.15, 0.2) is 60.7 Å². The predicted molar refractivity (Wildman–Crippen MR) is 96.2 cm³/mol. The molecular formula is C21H18F2O2. The molecule has 0 heterocycles. The fraction of sp³-hybridized carbons (Fsp3) is 0.143. The first-order valence-corrected chi connectivity index (χ1v) is 7.94. The van der Waals surface area contributed by atoms with Crippen molar-refractivity contribution in [3.8, 4) is 22.6 Å². The Morgan fingerprint density at radius 1 is 0.920 bits per heavy atom. The van der Waals surface area contributed by atoms with Crippen molar-refractivity contribution < 1.29 is 18.3 Å². The van der Waals surface area contributed by atoms with Gasteiger partial charge < -0.3 is 9.47 Å². The van der Waals surface area contributed by atoms with Gasteiger partial charge in [0, 0.05) is 10.9 Å². The van der Waals surface area contributed by atoms with Crippen molar-refractivity contribution in [1.29, 1.82) is 0 Å². The van der Waals surface area contributed by atoms with Gasteiger partial charge >= 0.3 is 0 Å². The molecule has 0 radical (unpaired) electrons. The molecule has 25 heavy (non-hydrogen) atoms. The summed E-state index contributed by atoms with van der Waals surface area (Å²) in [4.78, 5) is 0. The van der Waals surface area contributed by atoms with Gasteiger partial charge in [-0.05, 0) is 48.2 Å². The van der Waals surface area contributed by atoms with Gasteiger partial charge in [-0.25, -0.2) is 8.78 Å². The van der Waals surface area contributed by atoms with E-state index >= 15 is 0 Å². The van der Waals surface area contributed by atoms with Crippen molar-refractivity contribution in [3.63, 3.8) is 0 Å². The highest BCUT2D eigenvalue weighted by Gasteiger charge is 2.15. The van der Waals surface area contributed by atoms with E-state index in [1.54, 1.807) is 49.6 Å². The normalized spacial score (nSPS) is 11.2. The Morgan fingerprint density at radius 3 is 2.32 bits per heavy atom. The number of methoxy groups -OCH3 is 1. The monoisotopic (exact) mass is 340 g/mol. The third-order valence-corrected chi connectivity index (χ3v) is 3.97. The van der Waals surface area contributed by atoms with Crippen LogP contribution in [0.2, 0.25) is 0 Å². The van der Waals surface area contributed by atoms with Gasteiger partial charge in [0.15, 0.2) is 11.6 Å². The molecule has 128 valence electrons. The van der Waals surface area contributed by atoms with Gasteiger partial charge in [-0.2, -0.15) is 0 Å². The van der Waals surface area contributed by atoms with E-state index in [1.807, 2.05) is 19.1 Å². The molecule has 0 bridgehead atoms. The molecule has 0 aliphatic rings. The molecule has 0 atom stereocenters. The largest absolute Gasteiger partial charge is 0.497 e. The number of fused-ring (bicyclic) bond motifs is 1. The lowest BCUT2D eigenvalue weighted by molar-refractivity contribution is 0.363. The van der Waals surface area contributed by atoms with Crippen molar-refractivity contribution in [3.05, 3.63) is 72.3 Å². The van der Waals surface area contributed by atoms with Crippen LogP contribution in [0, 0.1) is 11.6 Å². The summed E-state index contributed by atoms with van der Waals surface area (Å²) in [5.41, 5.74) is 0.808. The lowest BCUT2D eigenvalue weighted by atomic mass is 9.99. The van der Waals surface area contributed by atoms with E-state index in [0.717, 1.165) is 0 Å². The maximum Gasteiger partial charge on any atom is 0.167 e. The summed E-state index contributed by atoms with van der Waals surface area (Å²) in [5, 5.41) is 0.816. The van der Waals surface area contributed by atoms with Crippen molar-refractivity contribution >= 4 is 10.8 Å². The SMILES string of the molecule is CC=CCOc1ccc2cc(-c3ccc(OC)cc3)c(F)c(F)c2c1. The maximum absolute atomic E-state index is 14.6. The number of hydrogen-bond donors (Lipinski definition) is 0. The highest BCUT2D eigenvalue weighted by molar-refractivity contribution is 5.89. The smallest absolute Gasteiger partial charge is 0.167 e. The first kappa shape index (κ1) is 17.0. The van der Waals surface area contributed by atoms with Gasteiger partial charge in [-0.15, -0.1) is 0 Å². The van der Waals surface area contributed by atoms with Crippen LogP contribution in [0.25, 0.3) is 21.9 Å². The van der Waals surface area contributed by atoms with Crippen molar-refractivity contribution in [1.82, 2.24) is 0 Å². The summed E-state index contributed by atoms with van der Waals surface area (Å²) >= 11 is 0. The number of benzene rings is 3. The molecule has 0 saturated heterocycles. The van der Waals surface area contributed by atoms with Crippen LogP contribution in [0.3, 0.4) is 0 Å². The molecule has 3 aromatic carbocycles. The number of hydrogen-bond acceptors (Lipinski definition) is 2. The van der Waals surface area contributed by atoms with Crippen LogP contribution < -0.4 is 9.47 Å². The number of halogens is 2. The van der Waals surface area contributed by atoms with Gasteiger partial charge in [0.25, 0.3) is 0 Å². The van der Waals surface area contributed by atoms with Crippen LogP contribution in [-0.2, 0) is 0 Å². The summed E-state index contributed by atoms with van der Waals surface area (Å²) in [6, 6.07) is 13.5. The Labute approximate surface area is 145 Å². The summed E-state index contributed by atoms with van der Waals surface area (Å²) in [5.74, 6) is -0.586.